The summed E-state index contributed by atoms with van der Waals surface area (Å²) in [5, 5.41) is 0. The first-order valence-corrected chi connectivity index (χ1v) is 5.72. The van der Waals surface area contributed by atoms with Crippen LogP contribution in [0.2, 0.25) is 0 Å². The minimum atomic E-state index is -4.36. The Hall–Kier alpha value is -2.31. The zero-order valence-corrected chi connectivity index (χ0v) is 10.8. The van der Waals surface area contributed by atoms with Gasteiger partial charge < -0.3 is 9.64 Å². The number of hydrogen-bond acceptors (Lipinski definition) is 4. The van der Waals surface area contributed by atoms with Crippen molar-refractivity contribution >= 4 is 5.82 Å². The normalized spacial score (nSPS) is 11.2. The Balaban J connectivity index is 2.16. The molecule has 0 radical (unpaired) electrons. The monoisotopic (exact) mass is 283 g/mol. The number of benzene rings is 1. The van der Waals surface area contributed by atoms with Gasteiger partial charge in [-0.25, -0.2) is 4.98 Å². The molecule has 0 aliphatic heterocycles. The molecule has 0 fully saturated rings. The average Bonchev–Trinajstić information content (AvgIpc) is 2.38. The summed E-state index contributed by atoms with van der Waals surface area (Å²) in [6.07, 6.45) is -2.85. The number of ether oxygens (including phenoxy) is 1. The molecule has 0 aliphatic rings. The number of hydrogen-bond donors (Lipinski definition) is 0. The lowest BCUT2D eigenvalue weighted by molar-refractivity contribution is -0.137. The number of halogens is 3. The Bertz CT molecular complexity index is 582. The Kier molecular flexibility index (Phi) is 3.78. The summed E-state index contributed by atoms with van der Waals surface area (Å²) in [6, 6.07) is 6.13. The van der Waals surface area contributed by atoms with Gasteiger partial charge in [0.05, 0.1) is 5.56 Å². The molecule has 0 saturated heterocycles. The van der Waals surface area contributed by atoms with E-state index in [1.54, 1.807) is 11.0 Å². The lowest BCUT2D eigenvalue weighted by Gasteiger charge is -2.12. The van der Waals surface area contributed by atoms with Crippen molar-refractivity contribution in [1.29, 1.82) is 0 Å². The molecule has 2 aromatic rings. The van der Waals surface area contributed by atoms with Crippen LogP contribution in [0.5, 0.6) is 11.8 Å². The van der Waals surface area contributed by atoms with Crippen molar-refractivity contribution in [2.45, 2.75) is 6.18 Å². The number of rotatable bonds is 3. The summed E-state index contributed by atoms with van der Waals surface area (Å²) in [4.78, 5) is 9.78. The molecule has 0 spiro atoms. The third-order valence-electron chi connectivity index (χ3n) is 2.47. The van der Waals surface area contributed by atoms with Gasteiger partial charge in [0.15, 0.2) is 0 Å². The van der Waals surface area contributed by atoms with E-state index in [2.05, 4.69) is 9.97 Å². The fourth-order valence-electron chi connectivity index (χ4n) is 1.45. The van der Waals surface area contributed by atoms with Crippen LogP contribution in [0.4, 0.5) is 19.0 Å². The van der Waals surface area contributed by atoms with Crippen molar-refractivity contribution in [2.24, 2.45) is 0 Å². The fraction of sp³-hybridized carbons (Fsp3) is 0.231. The average molecular weight is 283 g/mol. The highest BCUT2D eigenvalue weighted by Gasteiger charge is 2.30. The van der Waals surface area contributed by atoms with Crippen molar-refractivity contribution < 1.29 is 17.9 Å². The van der Waals surface area contributed by atoms with E-state index in [9.17, 15) is 13.2 Å². The summed E-state index contributed by atoms with van der Waals surface area (Å²) in [5.74, 6) is 0.885. The summed E-state index contributed by atoms with van der Waals surface area (Å²) in [6.45, 7) is 0. The molecule has 0 amide bonds. The zero-order valence-electron chi connectivity index (χ0n) is 10.8. The van der Waals surface area contributed by atoms with Crippen molar-refractivity contribution in [1.82, 2.24) is 9.97 Å². The first kappa shape index (κ1) is 14.1. The highest BCUT2D eigenvalue weighted by Crippen LogP contribution is 2.31. The second-order valence-corrected chi connectivity index (χ2v) is 4.22. The maximum Gasteiger partial charge on any atom is 0.416 e. The predicted molar refractivity (Wildman–Crippen MR) is 67.9 cm³/mol. The van der Waals surface area contributed by atoms with E-state index < -0.39 is 11.7 Å². The van der Waals surface area contributed by atoms with E-state index >= 15 is 0 Å². The molecule has 1 aromatic heterocycles. The molecule has 0 N–H and O–H groups in total. The van der Waals surface area contributed by atoms with E-state index in [-0.39, 0.29) is 11.8 Å². The molecule has 1 heterocycles. The van der Waals surface area contributed by atoms with Crippen LogP contribution in [0.1, 0.15) is 5.56 Å². The largest absolute Gasteiger partial charge is 0.424 e. The quantitative estimate of drug-likeness (QED) is 0.865. The molecular formula is C13H12F3N3O. The van der Waals surface area contributed by atoms with Crippen molar-refractivity contribution in [2.75, 3.05) is 19.0 Å². The van der Waals surface area contributed by atoms with Crippen LogP contribution in [0, 0.1) is 0 Å². The zero-order chi connectivity index (χ0) is 14.8. The third kappa shape index (κ3) is 3.37. The molecule has 106 valence electrons. The van der Waals surface area contributed by atoms with Gasteiger partial charge in [0.1, 0.15) is 11.6 Å². The lowest BCUT2D eigenvalue weighted by atomic mass is 10.2. The van der Waals surface area contributed by atoms with Gasteiger partial charge in [-0.05, 0) is 30.3 Å². The number of alkyl halides is 3. The van der Waals surface area contributed by atoms with Crippen molar-refractivity contribution in [3.63, 3.8) is 0 Å². The fourth-order valence-corrected chi connectivity index (χ4v) is 1.45. The summed E-state index contributed by atoms with van der Waals surface area (Å²) >= 11 is 0. The van der Waals surface area contributed by atoms with Gasteiger partial charge in [-0.3, -0.25) is 0 Å². The van der Waals surface area contributed by atoms with Gasteiger partial charge in [-0.15, -0.1) is 0 Å². The van der Waals surface area contributed by atoms with Crippen LogP contribution in [-0.4, -0.2) is 24.1 Å². The van der Waals surface area contributed by atoms with Gasteiger partial charge in [-0.1, -0.05) is 0 Å². The second-order valence-electron chi connectivity index (χ2n) is 4.22. The van der Waals surface area contributed by atoms with Crippen molar-refractivity contribution in [3.05, 3.63) is 42.1 Å². The Morgan fingerprint density at radius 1 is 1.05 bits per heavy atom. The smallest absolute Gasteiger partial charge is 0.416 e. The maximum atomic E-state index is 12.4. The minimum absolute atomic E-state index is 0.0796. The molecule has 0 saturated carbocycles. The van der Waals surface area contributed by atoms with E-state index in [1.807, 2.05) is 14.1 Å². The lowest BCUT2D eigenvalue weighted by Crippen LogP contribution is -2.11. The molecule has 0 unspecified atom stereocenters. The topological polar surface area (TPSA) is 38.2 Å². The number of aromatic nitrogens is 2. The summed E-state index contributed by atoms with van der Waals surface area (Å²) in [7, 11) is 3.62. The molecule has 0 aliphatic carbocycles. The molecule has 2 rings (SSSR count). The molecular weight excluding hydrogens is 271 g/mol. The molecule has 7 heteroatoms. The number of anilines is 1. The van der Waals surface area contributed by atoms with Gasteiger partial charge in [-0.2, -0.15) is 18.2 Å². The van der Waals surface area contributed by atoms with Gasteiger partial charge in [0.2, 0.25) is 0 Å². The van der Waals surface area contributed by atoms with Crippen LogP contribution >= 0.6 is 0 Å². The molecule has 4 nitrogen and oxygen atoms in total. The van der Waals surface area contributed by atoms with E-state index in [0.717, 1.165) is 12.1 Å². The van der Waals surface area contributed by atoms with E-state index in [4.69, 9.17) is 4.74 Å². The molecule has 1 aromatic carbocycles. The maximum absolute atomic E-state index is 12.4. The predicted octanol–water partition coefficient (Wildman–Crippen LogP) is 3.35. The molecule has 20 heavy (non-hydrogen) atoms. The van der Waals surface area contributed by atoms with E-state index in [1.165, 1.54) is 18.3 Å². The molecule has 0 atom stereocenters. The molecule has 0 bridgehead atoms. The van der Waals surface area contributed by atoms with Gasteiger partial charge in [0.25, 0.3) is 0 Å². The third-order valence-corrected chi connectivity index (χ3v) is 2.47. The summed E-state index contributed by atoms with van der Waals surface area (Å²) < 4.78 is 42.6. The van der Waals surface area contributed by atoms with Gasteiger partial charge in [0, 0.05) is 20.3 Å². The minimum Gasteiger partial charge on any atom is -0.424 e. The first-order valence-electron chi connectivity index (χ1n) is 5.72. The Morgan fingerprint density at radius 2 is 1.70 bits per heavy atom. The van der Waals surface area contributed by atoms with Gasteiger partial charge >= 0.3 is 12.2 Å². The van der Waals surface area contributed by atoms with E-state index in [0.29, 0.717) is 5.82 Å². The second kappa shape index (κ2) is 5.36. The summed E-state index contributed by atoms with van der Waals surface area (Å²) in [5.41, 5.74) is -0.729. The first-order chi connectivity index (χ1) is 9.36. The van der Waals surface area contributed by atoms with Crippen LogP contribution < -0.4 is 9.64 Å². The van der Waals surface area contributed by atoms with Crippen molar-refractivity contribution in [3.8, 4) is 11.8 Å². The number of nitrogens with zero attached hydrogens (tertiary/aromatic N) is 3. The van der Waals surface area contributed by atoms with Crippen LogP contribution in [-0.2, 0) is 6.18 Å². The van der Waals surface area contributed by atoms with Crippen LogP contribution in [0.3, 0.4) is 0 Å². The standard InChI is InChI=1S/C13H12F3N3O/c1-19(2)11-7-8-17-12(18-11)20-10-5-3-9(4-6-10)13(14,15)16/h3-8H,1-2H3. The highest BCUT2D eigenvalue weighted by molar-refractivity contribution is 5.37. The Morgan fingerprint density at radius 3 is 2.25 bits per heavy atom. The SMILES string of the molecule is CN(C)c1ccnc(Oc2ccc(C(F)(F)F)cc2)n1. The Labute approximate surface area is 113 Å². The highest BCUT2D eigenvalue weighted by atomic mass is 19.4. The van der Waals surface area contributed by atoms with Crippen LogP contribution in [0.15, 0.2) is 36.5 Å². The van der Waals surface area contributed by atoms with Crippen LogP contribution in [0.25, 0.3) is 0 Å².